The second-order valence-electron chi connectivity index (χ2n) is 5.96. The summed E-state index contributed by atoms with van der Waals surface area (Å²) < 4.78 is 0. The minimum Gasteiger partial charge on any atom is -0.367 e. The van der Waals surface area contributed by atoms with Crippen LogP contribution in [0.5, 0.6) is 0 Å². The molecule has 1 aliphatic heterocycles. The van der Waals surface area contributed by atoms with Crippen molar-refractivity contribution < 1.29 is 9.63 Å². The first-order valence-electron chi connectivity index (χ1n) is 6.61. The van der Waals surface area contributed by atoms with E-state index in [1.165, 1.54) is 6.42 Å². The van der Waals surface area contributed by atoms with Crippen LogP contribution in [0, 0.1) is 11.3 Å². The molecule has 1 heterocycles. The van der Waals surface area contributed by atoms with Crippen molar-refractivity contribution in [1.82, 2.24) is 5.06 Å². The molecule has 0 aromatic carbocycles. The third kappa shape index (κ3) is 5.04. The van der Waals surface area contributed by atoms with Crippen LogP contribution in [-0.2, 0) is 9.63 Å². The monoisotopic (exact) mass is 242 g/mol. The zero-order valence-electron chi connectivity index (χ0n) is 11.4. The Kier molecular flexibility index (Phi) is 5.40. The fourth-order valence-corrected chi connectivity index (χ4v) is 2.01. The number of carbonyl (C=O) groups is 1. The van der Waals surface area contributed by atoms with Gasteiger partial charge >= 0.3 is 5.97 Å². The number of nitrogens with two attached hydrogens (primary N) is 1. The molecular formula is C13H26N2O2. The average Bonchev–Trinajstić information content (AvgIpc) is 2.25. The summed E-state index contributed by atoms with van der Waals surface area (Å²) in [7, 11) is 0. The van der Waals surface area contributed by atoms with Gasteiger partial charge in [0.15, 0.2) is 0 Å². The number of carbonyl (C=O) groups excluding carboxylic acids is 1. The van der Waals surface area contributed by atoms with Gasteiger partial charge in [0.05, 0.1) is 5.41 Å². The molecule has 0 radical (unpaired) electrons. The summed E-state index contributed by atoms with van der Waals surface area (Å²) in [5.74, 6) is 0.483. The summed E-state index contributed by atoms with van der Waals surface area (Å²) in [6.07, 6.45) is 4.53. The lowest BCUT2D eigenvalue weighted by molar-refractivity contribution is -0.207. The topological polar surface area (TPSA) is 55.6 Å². The first kappa shape index (κ1) is 14.5. The van der Waals surface area contributed by atoms with E-state index in [2.05, 4.69) is 0 Å². The summed E-state index contributed by atoms with van der Waals surface area (Å²) in [4.78, 5) is 17.2. The molecule has 0 amide bonds. The van der Waals surface area contributed by atoms with Crippen LogP contribution in [0.15, 0.2) is 0 Å². The summed E-state index contributed by atoms with van der Waals surface area (Å²) in [6.45, 7) is 8.11. The molecular weight excluding hydrogens is 216 g/mol. The molecule has 2 N–H and O–H groups in total. The minimum atomic E-state index is -0.426. The Morgan fingerprint density at radius 2 is 2.18 bits per heavy atom. The van der Waals surface area contributed by atoms with Gasteiger partial charge in [0.2, 0.25) is 0 Å². The molecule has 4 heteroatoms. The van der Waals surface area contributed by atoms with Gasteiger partial charge < -0.3 is 10.6 Å². The highest BCUT2D eigenvalue weighted by molar-refractivity contribution is 5.75. The van der Waals surface area contributed by atoms with Gasteiger partial charge in [0, 0.05) is 13.1 Å². The molecule has 1 rings (SSSR count). The molecule has 0 spiro atoms. The van der Waals surface area contributed by atoms with E-state index in [1.807, 2.05) is 25.8 Å². The molecule has 17 heavy (non-hydrogen) atoms. The third-order valence-corrected chi connectivity index (χ3v) is 3.12. The van der Waals surface area contributed by atoms with E-state index in [-0.39, 0.29) is 5.97 Å². The molecule has 4 nitrogen and oxygen atoms in total. The molecule has 100 valence electrons. The van der Waals surface area contributed by atoms with Crippen molar-refractivity contribution in [2.75, 3.05) is 19.6 Å². The quantitative estimate of drug-likeness (QED) is 0.818. The number of rotatable bonds is 4. The SMILES string of the molecule is CC(C)(C)C(=O)ON1CCCC(CCCN)C1. The second-order valence-corrected chi connectivity index (χ2v) is 5.96. The van der Waals surface area contributed by atoms with Crippen LogP contribution in [0.25, 0.3) is 0 Å². The Morgan fingerprint density at radius 1 is 1.47 bits per heavy atom. The summed E-state index contributed by atoms with van der Waals surface area (Å²) in [6, 6.07) is 0. The summed E-state index contributed by atoms with van der Waals surface area (Å²) in [5, 5.41) is 1.83. The van der Waals surface area contributed by atoms with Crippen LogP contribution >= 0.6 is 0 Å². The van der Waals surface area contributed by atoms with Crippen molar-refractivity contribution in [3.63, 3.8) is 0 Å². The van der Waals surface area contributed by atoms with Crippen molar-refractivity contribution in [1.29, 1.82) is 0 Å². The van der Waals surface area contributed by atoms with E-state index < -0.39 is 5.41 Å². The largest absolute Gasteiger partial charge is 0.367 e. The minimum absolute atomic E-state index is 0.142. The number of hydroxylamine groups is 2. The highest BCUT2D eigenvalue weighted by atomic mass is 16.7. The maximum Gasteiger partial charge on any atom is 0.330 e. The normalized spacial score (nSPS) is 22.5. The van der Waals surface area contributed by atoms with Crippen molar-refractivity contribution in [2.24, 2.45) is 17.1 Å². The molecule has 0 aliphatic carbocycles. The Bertz CT molecular complexity index is 248. The lowest BCUT2D eigenvalue weighted by Crippen LogP contribution is -2.40. The van der Waals surface area contributed by atoms with Crippen LogP contribution in [0.2, 0.25) is 0 Å². The number of nitrogens with zero attached hydrogens (tertiary/aromatic N) is 1. The third-order valence-electron chi connectivity index (χ3n) is 3.12. The molecule has 1 atom stereocenters. The van der Waals surface area contributed by atoms with Crippen LogP contribution in [-0.4, -0.2) is 30.7 Å². The summed E-state index contributed by atoms with van der Waals surface area (Å²) in [5.41, 5.74) is 5.09. The van der Waals surface area contributed by atoms with Crippen molar-refractivity contribution in [3.8, 4) is 0 Å². The van der Waals surface area contributed by atoms with Crippen molar-refractivity contribution in [2.45, 2.75) is 46.5 Å². The first-order valence-corrected chi connectivity index (χ1v) is 6.61. The van der Waals surface area contributed by atoms with Gasteiger partial charge in [-0.15, -0.1) is 5.06 Å². The van der Waals surface area contributed by atoms with E-state index in [0.29, 0.717) is 5.92 Å². The Morgan fingerprint density at radius 3 is 2.76 bits per heavy atom. The zero-order valence-corrected chi connectivity index (χ0v) is 11.4. The van der Waals surface area contributed by atoms with Crippen LogP contribution in [0.1, 0.15) is 46.5 Å². The fraction of sp³-hybridized carbons (Fsp3) is 0.923. The van der Waals surface area contributed by atoms with Gasteiger partial charge in [0.1, 0.15) is 0 Å². The van der Waals surface area contributed by atoms with Crippen LogP contribution in [0.4, 0.5) is 0 Å². The lowest BCUT2D eigenvalue weighted by atomic mass is 9.94. The molecule has 1 fully saturated rings. The standard InChI is InChI=1S/C13H26N2O2/c1-13(2,3)12(16)17-15-9-5-7-11(10-15)6-4-8-14/h11H,4-10,14H2,1-3H3. The average molecular weight is 242 g/mol. The fourth-order valence-electron chi connectivity index (χ4n) is 2.01. The van der Waals surface area contributed by atoms with Crippen molar-refractivity contribution >= 4 is 5.97 Å². The van der Waals surface area contributed by atoms with E-state index in [0.717, 1.165) is 38.9 Å². The van der Waals surface area contributed by atoms with E-state index in [1.54, 1.807) is 0 Å². The van der Waals surface area contributed by atoms with Gasteiger partial charge in [0.25, 0.3) is 0 Å². The van der Waals surface area contributed by atoms with Gasteiger partial charge in [-0.2, -0.15) is 0 Å². The van der Waals surface area contributed by atoms with Crippen LogP contribution in [0.3, 0.4) is 0 Å². The maximum atomic E-state index is 11.8. The van der Waals surface area contributed by atoms with Gasteiger partial charge in [-0.05, 0) is 58.9 Å². The molecule has 1 unspecified atom stereocenters. The molecule has 0 aromatic heterocycles. The highest BCUT2D eigenvalue weighted by Crippen LogP contribution is 2.23. The van der Waals surface area contributed by atoms with Crippen LogP contribution < -0.4 is 5.73 Å². The van der Waals surface area contributed by atoms with Crippen molar-refractivity contribution in [3.05, 3.63) is 0 Å². The zero-order chi connectivity index (χ0) is 12.9. The summed E-state index contributed by atoms with van der Waals surface area (Å²) >= 11 is 0. The molecule has 1 aliphatic rings. The number of hydrogen-bond donors (Lipinski definition) is 1. The highest BCUT2D eigenvalue weighted by Gasteiger charge is 2.28. The molecule has 1 saturated heterocycles. The van der Waals surface area contributed by atoms with E-state index in [4.69, 9.17) is 10.6 Å². The van der Waals surface area contributed by atoms with E-state index in [9.17, 15) is 4.79 Å². The molecule has 0 bridgehead atoms. The predicted octanol–water partition coefficient (Wildman–Crippen LogP) is 1.94. The van der Waals surface area contributed by atoms with Gasteiger partial charge in [-0.3, -0.25) is 0 Å². The molecule has 0 saturated carbocycles. The van der Waals surface area contributed by atoms with Gasteiger partial charge in [-0.1, -0.05) is 0 Å². The number of piperidine rings is 1. The Balaban J connectivity index is 2.37. The number of hydrogen-bond acceptors (Lipinski definition) is 4. The van der Waals surface area contributed by atoms with Gasteiger partial charge in [-0.25, -0.2) is 4.79 Å². The molecule has 0 aromatic rings. The smallest absolute Gasteiger partial charge is 0.330 e. The Labute approximate surface area is 104 Å². The predicted molar refractivity (Wildman–Crippen MR) is 68.1 cm³/mol. The first-order chi connectivity index (χ1) is 7.93. The maximum absolute atomic E-state index is 11.8. The lowest BCUT2D eigenvalue weighted by Gasteiger charge is -2.32. The second kappa shape index (κ2) is 6.36. The Hall–Kier alpha value is -0.610. The van der Waals surface area contributed by atoms with E-state index >= 15 is 0 Å².